The number of aromatic nitrogens is 3. The Bertz CT molecular complexity index is 1270. The number of benzene rings is 3. The standard InChI is InChI=1S/C28H30N4O2S/c1-4-21-13-11-14-22(5-2)27(21)29-26(33)19-35-28-31-30-25(32(28)23-15-7-6-8-16-23)18-34-24-17-10-9-12-20(24)3/h6-17H,4-5,18-19H2,1-3H3,(H,29,33). The van der Waals surface area contributed by atoms with Crippen molar-refractivity contribution in [2.75, 3.05) is 11.1 Å². The number of hydrogen-bond acceptors (Lipinski definition) is 5. The van der Waals surface area contributed by atoms with Gasteiger partial charge in [-0.25, -0.2) is 0 Å². The minimum absolute atomic E-state index is 0.0640. The summed E-state index contributed by atoms with van der Waals surface area (Å²) < 4.78 is 7.99. The summed E-state index contributed by atoms with van der Waals surface area (Å²) in [5.41, 5.74) is 5.20. The first kappa shape index (κ1) is 24.5. The molecule has 0 bridgehead atoms. The van der Waals surface area contributed by atoms with Crippen molar-refractivity contribution >= 4 is 23.4 Å². The number of carbonyl (C=O) groups excluding carboxylic acids is 1. The number of hydrogen-bond donors (Lipinski definition) is 1. The van der Waals surface area contributed by atoms with E-state index in [2.05, 4.69) is 41.5 Å². The van der Waals surface area contributed by atoms with Gasteiger partial charge in [0.2, 0.25) is 5.91 Å². The Morgan fingerprint density at radius 1 is 0.914 bits per heavy atom. The molecule has 0 saturated heterocycles. The lowest BCUT2D eigenvalue weighted by Gasteiger charge is -2.14. The van der Waals surface area contributed by atoms with E-state index < -0.39 is 0 Å². The van der Waals surface area contributed by atoms with Gasteiger partial charge >= 0.3 is 0 Å². The van der Waals surface area contributed by atoms with E-state index in [1.807, 2.05) is 72.2 Å². The molecule has 0 aliphatic carbocycles. The van der Waals surface area contributed by atoms with E-state index in [-0.39, 0.29) is 18.3 Å². The molecule has 4 aromatic rings. The van der Waals surface area contributed by atoms with Crippen molar-refractivity contribution < 1.29 is 9.53 Å². The number of anilines is 1. The van der Waals surface area contributed by atoms with Crippen LogP contribution in [0, 0.1) is 6.92 Å². The lowest BCUT2D eigenvalue weighted by atomic mass is 10.0. The van der Waals surface area contributed by atoms with Gasteiger partial charge in [-0.1, -0.05) is 80.2 Å². The molecule has 6 nitrogen and oxygen atoms in total. The minimum atomic E-state index is -0.0640. The van der Waals surface area contributed by atoms with Gasteiger partial charge in [0.15, 0.2) is 11.0 Å². The minimum Gasteiger partial charge on any atom is -0.485 e. The molecule has 1 N–H and O–H groups in total. The van der Waals surface area contributed by atoms with E-state index in [1.54, 1.807) is 0 Å². The van der Waals surface area contributed by atoms with Crippen molar-refractivity contribution in [2.45, 2.75) is 45.4 Å². The molecule has 0 spiro atoms. The van der Waals surface area contributed by atoms with Crippen molar-refractivity contribution in [1.29, 1.82) is 0 Å². The fourth-order valence-electron chi connectivity index (χ4n) is 3.89. The summed E-state index contributed by atoms with van der Waals surface area (Å²) in [5.74, 6) is 1.65. The molecule has 0 saturated carbocycles. The Balaban J connectivity index is 1.52. The zero-order chi connectivity index (χ0) is 24.6. The highest BCUT2D eigenvalue weighted by molar-refractivity contribution is 7.99. The van der Waals surface area contributed by atoms with Gasteiger partial charge in [0.05, 0.1) is 5.75 Å². The van der Waals surface area contributed by atoms with Gasteiger partial charge in [0.1, 0.15) is 12.4 Å². The molecular formula is C28H30N4O2S. The second-order valence-corrected chi connectivity index (χ2v) is 9.06. The Labute approximate surface area is 210 Å². The first-order valence-electron chi connectivity index (χ1n) is 11.8. The predicted octanol–water partition coefficient (Wildman–Crippen LogP) is 6.01. The average Bonchev–Trinajstić information content (AvgIpc) is 3.30. The van der Waals surface area contributed by atoms with E-state index >= 15 is 0 Å². The molecule has 0 aliphatic heterocycles. The topological polar surface area (TPSA) is 69.0 Å². The Hall–Kier alpha value is -3.58. The van der Waals surface area contributed by atoms with Crippen molar-refractivity contribution in [3.8, 4) is 11.4 Å². The molecule has 0 fully saturated rings. The summed E-state index contributed by atoms with van der Waals surface area (Å²) in [4.78, 5) is 12.9. The number of para-hydroxylation sites is 3. The van der Waals surface area contributed by atoms with Gasteiger partial charge in [0, 0.05) is 11.4 Å². The van der Waals surface area contributed by atoms with Crippen molar-refractivity contribution in [3.63, 3.8) is 0 Å². The summed E-state index contributed by atoms with van der Waals surface area (Å²) in [6.07, 6.45) is 1.73. The van der Waals surface area contributed by atoms with Crippen LogP contribution in [0.3, 0.4) is 0 Å². The summed E-state index contributed by atoms with van der Waals surface area (Å²) in [7, 11) is 0. The van der Waals surface area contributed by atoms with Crippen LogP contribution in [0.15, 0.2) is 78.0 Å². The molecule has 3 aromatic carbocycles. The van der Waals surface area contributed by atoms with Crippen LogP contribution < -0.4 is 10.1 Å². The maximum atomic E-state index is 12.9. The Morgan fingerprint density at radius 3 is 2.29 bits per heavy atom. The SMILES string of the molecule is CCc1cccc(CC)c1NC(=O)CSc1nnc(COc2ccccc2C)n1-c1ccccc1. The smallest absolute Gasteiger partial charge is 0.234 e. The summed E-state index contributed by atoms with van der Waals surface area (Å²) in [6.45, 7) is 6.48. The number of aryl methyl sites for hydroxylation is 3. The van der Waals surface area contributed by atoms with Crippen LogP contribution in [0.1, 0.15) is 36.4 Å². The van der Waals surface area contributed by atoms with E-state index in [9.17, 15) is 4.79 Å². The monoisotopic (exact) mass is 486 g/mol. The number of ether oxygens (including phenoxy) is 1. The van der Waals surface area contributed by atoms with Gasteiger partial charge in [-0.15, -0.1) is 10.2 Å². The van der Waals surface area contributed by atoms with Gasteiger partial charge < -0.3 is 10.1 Å². The molecule has 4 rings (SSSR count). The fraction of sp³-hybridized carbons (Fsp3) is 0.250. The molecular weight excluding hydrogens is 456 g/mol. The number of thioether (sulfide) groups is 1. The van der Waals surface area contributed by atoms with Gasteiger partial charge in [0.25, 0.3) is 0 Å². The molecule has 0 atom stereocenters. The van der Waals surface area contributed by atoms with Crippen molar-refractivity contribution in [1.82, 2.24) is 14.8 Å². The predicted molar refractivity (Wildman–Crippen MR) is 141 cm³/mol. The zero-order valence-electron chi connectivity index (χ0n) is 20.3. The van der Waals surface area contributed by atoms with Gasteiger partial charge in [-0.3, -0.25) is 9.36 Å². The lowest BCUT2D eigenvalue weighted by molar-refractivity contribution is -0.113. The average molecular weight is 487 g/mol. The molecule has 180 valence electrons. The van der Waals surface area contributed by atoms with Crippen molar-refractivity contribution in [2.24, 2.45) is 0 Å². The fourth-order valence-corrected chi connectivity index (χ4v) is 4.66. The van der Waals surface area contributed by atoms with Crippen LogP contribution >= 0.6 is 11.8 Å². The molecule has 1 heterocycles. The lowest BCUT2D eigenvalue weighted by Crippen LogP contribution is -2.17. The molecule has 0 aliphatic rings. The summed E-state index contributed by atoms with van der Waals surface area (Å²) in [6, 6.07) is 24.0. The van der Waals surface area contributed by atoms with E-state index in [1.165, 1.54) is 11.8 Å². The van der Waals surface area contributed by atoms with Crippen LogP contribution in [-0.2, 0) is 24.2 Å². The number of nitrogens with one attached hydrogen (secondary N) is 1. The normalized spacial score (nSPS) is 10.8. The van der Waals surface area contributed by atoms with Gasteiger partial charge in [-0.05, 0) is 54.7 Å². The van der Waals surface area contributed by atoms with Gasteiger partial charge in [-0.2, -0.15) is 0 Å². The first-order chi connectivity index (χ1) is 17.1. The summed E-state index contributed by atoms with van der Waals surface area (Å²) in [5, 5.41) is 12.6. The van der Waals surface area contributed by atoms with E-state index in [4.69, 9.17) is 4.74 Å². The third-order valence-electron chi connectivity index (χ3n) is 5.76. The quantitative estimate of drug-likeness (QED) is 0.278. The Morgan fingerprint density at radius 2 is 1.60 bits per heavy atom. The second kappa shape index (κ2) is 11.7. The van der Waals surface area contributed by atoms with E-state index in [0.717, 1.165) is 46.7 Å². The molecule has 1 aromatic heterocycles. The second-order valence-electron chi connectivity index (χ2n) is 8.12. The van der Waals surface area contributed by atoms with Crippen LogP contribution in [0.4, 0.5) is 5.69 Å². The number of amides is 1. The first-order valence-corrected chi connectivity index (χ1v) is 12.8. The zero-order valence-corrected chi connectivity index (χ0v) is 21.1. The third kappa shape index (κ3) is 5.92. The number of rotatable bonds is 10. The maximum Gasteiger partial charge on any atom is 0.234 e. The molecule has 0 unspecified atom stereocenters. The highest BCUT2D eigenvalue weighted by Gasteiger charge is 2.17. The highest BCUT2D eigenvalue weighted by atomic mass is 32.2. The number of carbonyl (C=O) groups is 1. The van der Waals surface area contributed by atoms with Crippen LogP contribution in [0.2, 0.25) is 0 Å². The molecule has 1 amide bonds. The van der Waals surface area contributed by atoms with Crippen LogP contribution in [0.25, 0.3) is 5.69 Å². The highest BCUT2D eigenvalue weighted by Crippen LogP contribution is 2.26. The number of nitrogens with zero attached hydrogens (tertiary/aromatic N) is 3. The summed E-state index contributed by atoms with van der Waals surface area (Å²) >= 11 is 1.36. The van der Waals surface area contributed by atoms with Crippen LogP contribution in [0.5, 0.6) is 5.75 Å². The molecule has 35 heavy (non-hydrogen) atoms. The molecule has 0 radical (unpaired) electrons. The third-order valence-corrected chi connectivity index (χ3v) is 6.69. The molecule has 7 heteroatoms. The maximum absolute atomic E-state index is 12.9. The Kier molecular flexibility index (Phi) is 8.21. The van der Waals surface area contributed by atoms with E-state index in [0.29, 0.717) is 11.0 Å². The van der Waals surface area contributed by atoms with Crippen molar-refractivity contribution in [3.05, 3.63) is 95.3 Å². The van der Waals surface area contributed by atoms with Crippen LogP contribution in [-0.4, -0.2) is 26.4 Å². The largest absolute Gasteiger partial charge is 0.485 e.